The smallest absolute Gasteiger partial charge is 0.253 e. The van der Waals surface area contributed by atoms with E-state index in [1.807, 2.05) is 65.2 Å². The number of nitriles is 1. The van der Waals surface area contributed by atoms with Crippen LogP contribution in [0.25, 0.3) is 0 Å². The van der Waals surface area contributed by atoms with E-state index >= 15 is 0 Å². The number of benzene rings is 2. The highest BCUT2D eigenvalue weighted by molar-refractivity contribution is 7.99. The van der Waals surface area contributed by atoms with Gasteiger partial charge >= 0.3 is 0 Å². The second-order valence-electron chi connectivity index (χ2n) is 5.65. The van der Waals surface area contributed by atoms with Crippen molar-refractivity contribution in [2.45, 2.75) is 6.54 Å². The minimum Gasteiger partial charge on any atom is -0.381 e. The molecule has 24 heavy (non-hydrogen) atoms. The van der Waals surface area contributed by atoms with Gasteiger partial charge in [0.15, 0.2) is 0 Å². The summed E-state index contributed by atoms with van der Waals surface area (Å²) in [7, 11) is 0. The van der Waals surface area contributed by atoms with Crippen molar-refractivity contribution >= 4 is 23.4 Å². The first-order valence-electron chi connectivity index (χ1n) is 7.96. The Morgan fingerprint density at radius 1 is 1.17 bits per heavy atom. The number of carbonyl (C=O) groups is 1. The molecule has 0 radical (unpaired) electrons. The Bertz CT molecular complexity index is 746. The number of amides is 1. The number of hydrogen-bond donors (Lipinski definition) is 1. The maximum atomic E-state index is 12.6. The van der Waals surface area contributed by atoms with Crippen molar-refractivity contribution in [2.24, 2.45) is 0 Å². The van der Waals surface area contributed by atoms with Crippen LogP contribution in [0.3, 0.4) is 0 Å². The summed E-state index contributed by atoms with van der Waals surface area (Å²) < 4.78 is 0. The number of rotatable bonds is 4. The van der Waals surface area contributed by atoms with Gasteiger partial charge in [0.1, 0.15) is 0 Å². The summed E-state index contributed by atoms with van der Waals surface area (Å²) in [6.45, 7) is 2.31. The molecule has 0 bridgehead atoms. The van der Waals surface area contributed by atoms with Gasteiger partial charge in [0.05, 0.1) is 11.6 Å². The maximum Gasteiger partial charge on any atom is 0.253 e. The molecule has 0 spiro atoms. The normalized spacial score (nSPS) is 14.0. The van der Waals surface area contributed by atoms with E-state index in [2.05, 4.69) is 11.4 Å². The van der Waals surface area contributed by atoms with Gasteiger partial charge in [0, 0.05) is 42.4 Å². The van der Waals surface area contributed by atoms with Gasteiger partial charge in [-0.05, 0) is 35.9 Å². The Kier molecular flexibility index (Phi) is 5.39. The molecule has 2 aromatic carbocycles. The van der Waals surface area contributed by atoms with Gasteiger partial charge in [0.2, 0.25) is 0 Å². The van der Waals surface area contributed by atoms with E-state index in [1.165, 1.54) is 0 Å². The summed E-state index contributed by atoms with van der Waals surface area (Å²) >= 11 is 1.90. The predicted octanol–water partition coefficient (Wildman–Crippen LogP) is 3.36. The average molecular weight is 337 g/mol. The second-order valence-corrected chi connectivity index (χ2v) is 6.87. The van der Waals surface area contributed by atoms with Crippen LogP contribution in [-0.4, -0.2) is 35.4 Å². The van der Waals surface area contributed by atoms with Crippen LogP contribution in [0.5, 0.6) is 0 Å². The van der Waals surface area contributed by atoms with E-state index < -0.39 is 0 Å². The van der Waals surface area contributed by atoms with Gasteiger partial charge in [-0.3, -0.25) is 4.79 Å². The lowest BCUT2D eigenvalue weighted by molar-refractivity contribution is 0.0772. The number of hydrogen-bond acceptors (Lipinski definition) is 4. The first kappa shape index (κ1) is 16.4. The monoisotopic (exact) mass is 337 g/mol. The number of anilines is 1. The molecule has 1 fully saturated rings. The summed E-state index contributed by atoms with van der Waals surface area (Å²) in [6, 6.07) is 17.3. The molecule has 0 saturated carbocycles. The topological polar surface area (TPSA) is 56.1 Å². The van der Waals surface area contributed by atoms with Gasteiger partial charge in [-0.15, -0.1) is 0 Å². The van der Waals surface area contributed by atoms with Gasteiger partial charge in [-0.25, -0.2) is 0 Å². The molecule has 3 rings (SSSR count). The second kappa shape index (κ2) is 7.89. The minimum atomic E-state index is 0.109. The van der Waals surface area contributed by atoms with Crippen LogP contribution in [0.15, 0.2) is 48.5 Å². The first-order chi connectivity index (χ1) is 11.8. The lowest BCUT2D eigenvalue weighted by Crippen LogP contribution is -2.37. The van der Waals surface area contributed by atoms with Crippen molar-refractivity contribution in [1.82, 2.24) is 4.90 Å². The molecule has 0 aliphatic carbocycles. The van der Waals surface area contributed by atoms with Crippen molar-refractivity contribution in [3.8, 4) is 6.07 Å². The van der Waals surface area contributed by atoms with Crippen molar-refractivity contribution in [3.05, 3.63) is 65.2 Å². The van der Waals surface area contributed by atoms with Crippen molar-refractivity contribution in [3.63, 3.8) is 0 Å². The molecule has 1 heterocycles. The summed E-state index contributed by atoms with van der Waals surface area (Å²) in [5.74, 6) is 2.14. The largest absolute Gasteiger partial charge is 0.381 e. The lowest BCUT2D eigenvalue weighted by Gasteiger charge is -2.26. The number of nitrogens with one attached hydrogen (secondary N) is 1. The zero-order valence-corrected chi connectivity index (χ0v) is 14.2. The van der Waals surface area contributed by atoms with Gasteiger partial charge < -0.3 is 10.2 Å². The average Bonchev–Trinajstić information content (AvgIpc) is 2.67. The van der Waals surface area contributed by atoms with E-state index in [9.17, 15) is 4.79 Å². The van der Waals surface area contributed by atoms with Crippen LogP contribution >= 0.6 is 11.8 Å². The maximum absolute atomic E-state index is 12.6. The molecule has 0 atom stereocenters. The Balaban J connectivity index is 1.64. The fourth-order valence-electron chi connectivity index (χ4n) is 2.61. The fourth-order valence-corrected chi connectivity index (χ4v) is 3.52. The van der Waals surface area contributed by atoms with Crippen LogP contribution in [0.1, 0.15) is 21.5 Å². The number of carbonyl (C=O) groups excluding carboxylic acids is 1. The molecular weight excluding hydrogens is 318 g/mol. The third-order valence-electron chi connectivity index (χ3n) is 3.99. The quantitative estimate of drug-likeness (QED) is 0.929. The van der Waals surface area contributed by atoms with Gasteiger partial charge in [-0.2, -0.15) is 17.0 Å². The number of thioether (sulfide) groups is 1. The predicted molar refractivity (Wildman–Crippen MR) is 98.2 cm³/mol. The molecule has 0 unspecified atom stereocenters. The Hall–Kier alpha value is -2.45. The SMILES string of the molecule is N#Cc1ccc(CNc2cccc(C(=O)N3CCSCC3)c2)cc1. The van der Waals surface area contributed by atoms with E-state index in [-0.39, 0.29) is 5.91 Å². The van der Waals surface area contributed by atoms with Gasteiger partial charge in [0.25, 0.3) is 5.91 Å². The Labute approximate surface area is 146 Å². The lowest BCUT2D eigenvalue weighted by atomic mass is 10.1. The zero-order chi connectivity index (χ0) is 16.8. The van der Waals surface area contributed by atoms with Crippen LogP contribution in [0.4, 0.5) is 5.69 Å². The van der Waals surface area contributed by atoms with Crippen LogP contribution in [0.2, 0.25) is 0 Å². The standard InChI is InChI=1S/C19H19N3OS/c20-13-15-4-6-16(7-5-15)14-21-18-3-1-2-17(12-18)19(23)22-8-10-24-11-9-22/h1-7,12,21H,8-11,14H2. The van der Waals surface area contributed by atoms with E-state index in [4.69, 9.17) is 5.26 Å². The van der Waals surface area contributed by atoms with Crippen LogP contribution in [0, 0.1) is 11.3 Å². The molecule has 4 nitrogen and oxygen atoms in total. The highest BCUT2D eigenvalue weighted by atomic mass is 32.2. The third-order valence-corrected chi connectivity index (χ3v) is 4.93. The summed E-state index contributed by atoms with van der Waals surface area (Å²) in [5.41, 5.74) is 3.41. The summed E-state index contributed by atoms with van der Waals surface area (Å²) in [6.07, 6.45) is 0. The Morgan fingerprint density at radius 3 is 2.62 bits per heavy atom. The van der Waals surface area contributed by atoms with Gasteiger partial charge in [-0.1, -0.05) is 18.2 Å². The fraction of sp³-hybridized carbons (Fsp3) is 0.263. The molecule has 1 N–H and O–H groups in total. The molecule has 122 valence electrons. The minimum absolute atomic E-state index is 0.109. The van der Waals surface area contributed by atoms with Crippen molar-refractivity contribution < 1.29 is 4.79 Å². The van der Waals surface area contributed by atoms with E-state index in [1.54, 1.807) is 0 Å². The van der Waals surface area contributed by atoms with E-state index in [0.717, 1.165) is 41.4 Å². The molecular formula is C19H19N3OS. The first-order valence-corrected chi connectivity index (χ1v) is 9.12. The molecule has 1 saturated heterocycles. The van der Waals surface area contributed by atoms with Crippen molar-refractivity contribution in [2.75, 3.05) is 29.9 Å². The van der Waals surface area contributed by atoms with Crippen LogP contribution < -0.4 is 5.32 Å². The molecule has 0 aromatic heterocycles. The molecule has 5 heteroatoms. The van der Waals surface area contributed by atoms with E-state index in [0.29, 0.717) is 12.1 Å². The van der Waals surface area contributed by atoms with Crippen LogP contribution in [-0.2, 0) is 6.54 Å². The molecule has 1 amide bonds. The highest BCUT2D eigenvalue weighted by Gasteiger charge is 2.18. The summed E-state index contributed by atoms with van der Waals surface area (Å²) in [5, 5.41) is 12.2. The molecule has 1 aliphatic heterocycles. The Morgan fingerprint density at radius 2 is 1.92 bits per heavy atom. The highest BCUT2D eigenvalue weighted by Crippen LogP contribution is 2.17. The molecule has 1 aliphatic rings. The number of nitrogens with zero attached hydrogens (tertiary/aromatic N) is 2. The molecule has 2 aromatic rings. The van der Waals surface area contributed by atoms with Crippen molar-refractivity contribution in [1.29, 1.82) is 5.26 Å². The third kappa shape index (κ3) is 4.09. The zero-order valence-electron chi connectivity index (χ0n) is 13.4. The summed E-state index contributed by atoms with van der Waals surface area (Å²) in [4.78, 5) is 14.5.